The molecule has 1 N–H and O–H groups in total. The lowest BCUT2D eigenvalue weighted by molar-refractivity contribution is -0.132. The number of rotatable bonds is 2. The molecule has 1 fully saturated rings. The van der Waals surface area contributed by atoms with Gasteiger partial charge in [0.2, 0.25) is 5.91 Å². The van der Waals surface area contributed by atoms with Crippen molar-refractivity contribution in [3.05, 3.63) is 40.1 Å². The number of benzene rings is 1. The molecule has 0 bridgehead atoms. The summed E-state index contributed by atoms with van der Waals surface area (Å²) >= 11 is 3.27. The lowest BCUT2D eigenvalue weighted by Crippen LogP contribution is -2.48. The molecule has 5 heteroatoms. The van der Waals surface area contributed by atoms with Crippen molar-refractivity contribution in [2.45, 2.75) is 25.4 Å². The summed E-state index contributed by atoms with van der Waals surface area (Å²) in [6.45, 7) is 2.67. The first kappa shape index (κ1) is 15.2. The van der Waals surface area contributed by atoms with E-state index in [0.29, 0.717) is 25.1 Å². The van der Waals surface area contributed by atoms with Crippen LogP contribution < -0.4 is 0 Å². The van der Waals surface area contributed by atoms with Crippen molar-refractivity contribution in [3.8, 4) is 0 Å². The van der Waals surface area contributed by atoms with Gasteiger partial charge in [-0.05, 0) is 44.0 Å². The average molecular weight is 342 g/mol. The van der Waals surface area contributed by atoms with Crippen LogP contribution in [0.25, 0.3) is 6.08 Å². The smallest absolute Gasteiger partial charge is 0.246 e. The van der Waals surface area contributed by atoms with Gasteiger partial charge in [-0.15, -0.1) is 0 Å². The monoisotopic (exact) mass is 341 g/mol. The molecule has 1 aromatic carbocycles. The zero-order chi connectivity index (χ0) is 14.8. The molecule has 1 saturated heterocycles. The Morgan fingerprint density at radius 2 is 2.30 bits per heavy atom. The normalized spacial score (nSPS) is 23.3. The van der Waals surface area contributed by atoms with Gasteiger partial charge in [-0.25, -0.2) is 4.39 Å². The van der Waals surface area contributed by atoms with Gasteiger partial charge >= 0.3 is 0 Å². The number of halogens is 2. The van der Waals surface area contributed by atoms with Gasteiger partial charge < -0.3 is 10.0 Å². The molecular formula is C15H17BrFNO2. The Labute approximate surface area is 126 Å². The van der Waals surface area contributed by atoms with Gasteiger partial charge in [0.25, 0.3) is 0 Å². The van der Waals surface area contributed by atoms with E-state index in [1.165, 1.54) is 18.2 Å². The number of β-amino-alcohol motifs (C(OH)–C–C–N with tert-alkyl or cyclic N) is 1. The summed E-state index contributed by atoms with van der Waals surface area (Å²) in [5.74, 6) is -0.577. The van der Waals surface area contributed by atoms with E-state index in [1.54, 1.807) is 24.0 Å². The topological polar surface area (TPSA) is 40.5 Å². The Morgan fingerprint density at radius 3 is 3.00 bits per heavy atom. The van der Waals surface area contributed by atoms with Crippen LogP contribution in [-0.2, 0) is 4.79 Å². The number of piperidine rings is 1. The molecule has 1 unspecified atom stereocenters. The largest absolute Gasteiger partial charge is 0.388 e. The molecule has 0 aromatic heterocycles. The molecule has 1 aliphatic heterocycles. The van der Waals surface area contributed by atoms with E-state index in [-0.39, 0.29) is 11.7 Å². The third-order valence-electron chi connectivity index (χ3n) is 3.35. The molecule has 3 nitrogen and oxygen atoms in total. The standard InChI is InChI=1S/C15H17BrFNO2/c1-15(20)7-2-8-18(10-15)14(19)6-3-11-9-12(16)4-5-13(11)17/h3-6,9,20H,2,7-8,10H2,1H3/b6-3+. The molecule has 1 aliphatic rings. The zero-order valence-electron chi connectivity index (χ0n) is 11.3. The molecule has 1 atom stereocenters. The maximum absolute atomic E-state index is 13.5. The Kier molecular flexibility index (Phi) is 4.60. The summed E-state index contributed by atoms with van der Waals surface area (Å²) in [5, 5.41) is 9.98. The summed E-state index contributed by atoms with van der Waals surface area (Å²) in [4.78, 5) is 13.6. The predicted molar refractivity (Wildman–Crippen MR) is 79.6 cm³/mol. The molecular weight excluding hydrogens is 325 g/mol. The number of carbonyl (C=O) groups excluding carboxylic acids is 1. The lowest BCUT2D eigenvalue weighted by atomic mass is 9.95. The Morgan fingerprint density at radius 1 is 1.55 bits per heavy atom. The minimum Gasteiger partial charge on any atom is -0.388 e. The van der Waals surface area contributed by atoms with Crippen molar-refractivity contribution in [2.75, 3.05) is 13.1 Å². The van der Waals surface area contributed by atoms with E-state index in [1.807, 2.05) is 0 Å². The Bertz CT molecular complexity index is 543. The molecule has 0 aliphatic carbocycles. The van der Waals surface area contributed by atoms with E-state index in [2.05, 4.69) is 15.9 Å². The minimum absolute atomic E-state index is 0.204. The number of amides is 1. The van der Waals surface area contributed by atoms with Crippen LogP contribution in [0, 0.1) is 5.82 Å². The van der Waals surface area contributed by atoms with Crippen LogP contribution in [0.5, 0.6) is 0 Å². The van der Waals surface area contributed by atoms with E-state index in [9.17, 15) is 14.3 Å². The highest BCUT2D eigenvalue weighted by molar-refractivity contribution is 9.10. The maximum Gasteiger partial charge on any atom is 0.246 e. The fourth-order valence-corrected chi connectivity index (χ4v) is 2.70. The minimum atomic E-state index is -0.831. The van der Waals surface area contributed by atoms with Gasteiger partial charge in [0.1, 0.15) is 5.82 Å². The number of hydrogen-bond donors (Lipinski definition) is 1. The molecule has 0 spiro atoms. The Hall–Kier alpha value is -1.20. The molecule has 0 saturated carbocycles. The van der Waals surface area contributed by atoms with Crippen LogP contribution in [0.15, 0.2) is 28.7 Å². The van der Waals surface area contributed by atoms with Gasteiger partial charge in [-0.3, -0.25) is 4.79 Å². The number of likely N-dealkylation sites (tertiary alicyclic amines) is 1. The van der Waals surface area contributed by atoms with Crippen LogP contribution in [0.4, 0.5) is 4.39 Å². The predicted octanol–water partition coefficient (Wildman–Crippen LogP) is 2.97. The fraction of sp³-hybridized carbons (Fsp3) is 0.400. The van der Waals surface area contributed by atoms with Crippen LogP contribution in [0.3, 0.4) is 0 Å². The van der Waals surface area contributed by atoms with Crippen molar-refractivity contribution in [3.63, 3.8) is 0 Å². The summed E-state index contributed by atoms with van der Waals surface area (Å²) < 4.78 is 14.3. The SMILES string of the molecule is CC1(O)CCCN(C(=O)/C=C/c2cc(Br)ccc2F)C1. The number of aliphatic hydroxyl groups is 1. The first-order chi connectivity index (χ1) is 9.37. The fourth-order valence-electron chi connectivity index (χ4n) is 2.32. The molecule has 1 heterocycles. The van der Waals surface area contributed by atoms with E-state index < -0.39 is 5.60 Å². The number of hydrogen-bond acceptors (Lipinski definition) is 2. The highest BCUT2D eigenvalue weighted by Crippen LogP contribution is 2.21. The highest BCUT2D eigenvalue weighted by atomic mass is 79.9. The zero-order valence-corrected chi connectivity index (χ0v) is 12.9. The van der Waals surface area contributed by atoms with Gasteiger partial charge in [0.15, 0.2) is 0 Å². The third kappa shape index (κ3) is 3.90. The summed E-state index contributed by atoms with van der Waals surface area (Å²) in [6.07, 6.45) is 4.29. The summed E-state index contributed by atoms with van der Waals surface area (Å²) in [7, 11) is 0. The van der Waals surface area contributed by atoms with E-state index >= 15 is 0 Å². The van der Waals surface area contributed by atoms with Crippen molar-refractivity contribution in [1.29, 1.82) is 0 Å². The molecule has 108 valence electrons. The second kappa shape index (κ2) is 6.06. The lowest BCUT2D eigenvalue weighted by Gasteiger charge is -2.36. The van der Waals surface area contributed by atoms with E-state index in [4.69, 9.17) is 0 Å². The molecule has 1 aromatic rings. The quantitative estimate of drug-likeness (QED) is 0.840. The molecule has 20 heavy (non-hydrogen) atoms. The Balaban J connectivity index is 2.07. The van der Waals surface area contributed by atoms with E-state index in [0.717, 1.165) is 10.9 Å². The first-order valence-corrected chi connectivity index (χ1v) is 7.31. The molecule has 0 radical (unpaired) electrons. The van der Waals surface area contributed by atoms with Crippen LogP contribution >= 0.6 is 15.9 Å². The molecule has 2 rings (SSSR count). The molecule has 1 amide bonds. The van der Waals surface area contributed by atoms with Gasteiger partial charge in [-0.2, -0.15) is 0 Å². The highest BCUT2D eigenvalue weighted by Gasteiger charge is 2.29. The second-order valence-electron chi connectivity index (χ2n) is 5.36. The van der Waals surface area contributed by atoms with Crippen LogP contribution in [0.2, 0.25) is 0 Å². The van der Waals surface area contributed by atoms with Crippen LogP contribution in [0.1, 0.15) is 25.3 Å². The van der Waals surface area contributed by atoms with Crippen molar-refractivity contribution >= 4 is 27.9 Å². The summed E-state index contributed by atoms with van der Waals surface area (Å²) in [6, 6.07) is 4.57. The van der Waals surface area contributed by atoms with Crippen LogP contribution in [-0.4, -0.2) is 34.6 Å². The van der Waals surface area contributed by atoms with Crippen molar-refractivity contribution < 1.29 is 14.3 Å². The second-order valence-corrected chi connectivity index (χ2v) is 6.28. The number of nitrogens with zero attached hydrogens (tertiary/aromatic N) is 1. The summed E-state index contributed by atoms with van der Waals surface area (Å²) in [5.41, 5.74) is -0.473. The first-order valence-electron chi connectivity index (χ1n) is 6.52. The van der Waals surface area contributed by atoms with Crippen molar-refractivity contribution in [2.24, 2.45) is 0 Å². The average Bonchev–Trinajstić information content (AvgIpc) is 2.38. The van der Waals surface area contributed by atoms with Gasteiger partial charge in [0, 0.05) is 29.2 Å². The van der Waals surface area contributed by atoms with Crippen molar-refractivity contribution in [1.82, 2.24) is 4.90 Å². The third-order valence-corrected chi connectivity index (χ3v) is 3.84. The van der Waals surface area contributed by atoms with Gasteiger partial charge in [-0.1, -0.05) is 15.9 Å². The number of carbonyl (C=O) groups is 1. The maximum atomic E-state index is 13.5. The van der Waals surface area contributed by atoms with Gasteiger partial charge in [0.05, 0.1) is 5.60 Å².